The van der Waals surface area contributed by atoms with Gasteiger partial charge in [0.1, 0.15) is 12.8 Å². The first-order chi connectivity index (χ1) is 15.8. The quantitative estimate of drug-likeness (QED) is 0.476. The topological polar surface area (TPSA) is 115 Å². The third-order valence-electron chi connectivity index (χ3n) is 6.47. The number of H-pyrrole nitrogens is 1. The number of aliphatic hydroxyl groups excluding tert-OH is 1. The van der Waals surface area contributed by atoms with Crippen molar-refractivity contribution in [3.63, 3.8) is 0 Å². The number of hydrogen-bond donors (Lipinski definition) is 4. The van der Waals surface area contributed by atoms with Crippen LogP contribution in [0, 0.1) is 5.41 Å². The highest BCUT2D eigenvalue weighted by Crippen LogP contribution is 2.35. The van der Waals surface area contributed by atoms with Gasteiger partial charge in [-0.2, -0.15) is 10.2 Å². The minimum absolute atomic E-state index is 0.0338. The Kier molecular flexibility index (Phi) is 6.53. The first-order valence-electron chi connectivity index (χ1n) is 11.4. The lowest BCUT2D eigenvalue weighted by molar-refractivity contribution is 0.0663. The molecule has 2 bridgehead atoms. The van der Waals surface area contributed by atoms with Crippen LogP contribution < -0.4 is 10.1 Å². The molecule has 4 rings (SSSR count). The van der Waals surface area contributed by atoms with Crippen LogP contribution in [0.3, 0.4) is 0 Å². The molecule has 2 unspecified atom stereocenters. The maximum atomic E-state index is 11.0. The highest BCUT2D eigenvalue weighted by Gasteiger charge is 2.26. The molecule has 0 saturated carbocycles. The van der Waals surface area contributed by atoms with Crippen LogP contribution in [0.4, 0.5) is 0 Å². The minimum atomic E-state index is -1.04. The third kappa shape index (κ3) is 4.26. The van der Waals surface area contributed by atoms with E-state index in [0.717, 1.165) is 45.4 Å². The van der Waals surface area contributed by atoms with Crippen molar-refractivity contribution in [2.24, 2.45) is 7.05 Å². The Morgan fingerprint density at radius 3 is 2.88 bits per heavy atom. The molecule has 176 valence electrons. The summed E-state index contributed by atoms with van der Waals surface area (Å²) < 4.78 is 7.82. The maximum absolute atomic E-state index is 11.0. The van der Waals surface area contributed by atoms with Crippen LogP contribution in [0.15, 0.2) is 35.7 Å². The van der Waals surface area contributed by atoms with E-state index >= 15 is 0 Å². The normalized spacial score (nSPS) is 21.9. The molecule has 1 aliphatic heterocycles. The van der Waals surface area contributed by atoms with Gasteiger partial charge in [0.25, 0.3) is 0 Å². The number of fused-ring (bicyclic) bond motifs is 3. The van der Waals surface area contributed by atoms with Gasteiger partial charge in [0.2, 0.25) is 5.88 Å². The van der Waals surface area contributed by atoms with Crippen LogP contribution in [0.25, 0.3) is 22.0 Å². The van der Waals surface area contributed by atoms with E-state index in [0.29, 0.717) is 25.5 Å². The van der Waals surface area contributed by atoms with Crippen LogP contribution in [-0.4, -0.2) is 69.2 Å². The Bertz CT molecular complexity index is 1190. The zero-order valence-corrected chi connectivity index (χ0v) is 19.9. The van der Waals surface area contributed by atoms with Crippen molar-refractivity contribution in [2.45, 2.75) is 38.8 Å². The van der Waals surface area contributed by atoms with Gasteiger partial charge >= 0.3 is 0 Å². The lowest BCUT2D eigenvalue weighted by Crippen LogP contribution is -2.41. The first-order valence-corrected chi connectivity index (χ1v) is 11.4. The van der Waals surface area contributed by atoms with Gasteiger partial charge in [-0.05, 0) is 43.2 Å². The molecule has 0 fully saturated rings. The van der Waals surface area contributed by atoms with Crippen molar-refractivity contribution in [3.05, 3.63) is 41.4 Å². The molecule has 1 aliphatic rings. The first kappa shape index (κ1) is 23.0. The number of aryl methyl sites for hydroxylation is 1. The van der Waals surface area contributed by atoms with Gasteiger partial charge in [0.15, 0.2) is 0 Å². The second-order valence-corrected chi connectivity index (χ2v) is 8.64. The molecule has 0 radical (unpaired) electrons. The van der Waals surface area contributed by atoms with E-state index < -0.39 is 6.23 Å². The van der Waals surface area contributed by atoms with Crippen molar-refractivity contribution < 1.29 is 9.84 Å². The number of nitrogens with one attached hydrogen (secondary N) is 3. The van der Waals surface area contributed by atoms with E-state index in [9.17, 15) is 5.11 Å². The van der Waals surface area contributed by atoms with E-state index in [4.69, 9.17) is 10.1 Å². The van der Waals surface area contributed by atoms with Gasteiger partial charge in [-0.1, -0.05) is 19.9 Å². The third-order valence-corrected chi connectivity index (χ3v) is 6.47. The Morgan fingerprint density at radius 1 is 1.36 bits per heavy atom. The van der Waals surface area contributed by atoms with Crippen molar-refractivity contribution in [1.82, 2.24) is 30.2 Å². The van der Waals surface area contributed by atoms with Crippen LogP contribution >= 0.6 is 0 Å². The van der Waals surface area contributed by atoms with Crippen LogP contribution in [0.1, 0.15) is 38.3 Å². The Balaban J connectivity index is 1.87. The molecule has 33 heavy (non-hydrogen) atoms. The highest BCUT2D eigenvalue weighted by atomic mass is 16.5. The molecular weight excluding hydrogens is 418 g/mol. The summed E-state index contributed by atoms with van der Waals surface area (Å²) in [5.74, 6) is 0.704. The van der Waals surface area contributed by atoms with Crippen molar-refractivity contribution in [1.29, 1.82) is 5.41 Å². The van der Waals surface area contributed by atoms with Gasteiger partial charge in [0.05, 0.1) is 28.7 Å². The van der Waals surface area contributed by atoms with Gasteiger partial charge in [0, 0.05) is 37.6 Å². The summed E-state index contributed by atoms with van der Waals surface area (Å²) >= 11 is 0. The molecule has 0 aliphatic carbocycles. The number of benzene rings is 1. The molecule has 0 amide bonds. The highest BCUT2D eigenvalue weighted by molar-refractivity contribution is 6.01. The van der Waals surface area contributed by atoms with Crippen LogP contribution in [-0.2, 0) is 7.05 Å². The molecule has 2 aromatic heterocycles. The summed E-state index contributed by atoms with van der Waals surface area (Å²) in [6.07, 6.45) is 2.11. The summed E-state index contributed by atoms with van der Waals surface area (Å²) in [7, 11) is 5.52. The maximum Gasteiger partial charge on any atom is 0.219 e. The largest absolute Gasteiger partial charge is 0.476 e. The summed E-state index contributed by atoms with van der Waals surface area (Å²) in [4.78, 5) is 1.73. The van der Waals surface area contributed by atoms with E-state index in [2.05, 4.69) is 40.5 Å². The van der Waals surface area contributed by atoms with Crippen molar-refractivity contribution in [3.8, 4) is 17.0 Å². The van der Waals surface area contributed by atoms with E-state index in [1.165, 1.54) is 0 Å². The van der Waals surface area contributed by atoms with Gasteiger partial charge in [-0.15, -0.1) is 0 Å². The van der Waals surface area contributed by atoms with Gasteiger partial charge in [-0.25, -0.2) is 4.68 Å². The lowest BCUT2D eigenvalue weighted by atomic mass is 9.90. The fourth-order valence-electron chi connectivity index (χ4n) is 4.50. The molecule has 0 saturated heterocycles. The molecule has 9 nitrogen and oxygen atoms in total. The number of ether oxygens (including phenoxy) is 1. The molecule has 4 N–H and O–H groups in total. The van der Waals surface area contributed by atoms with Gasteiger partial charge in [-0.3, -0.25) is 10.00 Å². The molecular formula is C24H33N7O2. The molecule has 9 heteroatoms. The molecule has 0 spiro atoms. The Morgan fingerprint density at radius 2 is 2.15 bits per heavy atom. The molecule has 2 atom stereocenters. The summed E-state index contributed by atoms with van der Waals surface area (Å²) in [5.41, 5.74) is 5.80. The number of allylic oxidation sites excluding steroid dienone is 1. The lowest BCUT2D eigenvalue weighted by Gasteiger charge is -2.27. The number of rotatable bonds is 2. The van der Waals surface area contributed by atoms with E-state index in [-0.39, 0.29) is 11.6 Å². The zero-order valence-electron chi connectivity index (χ0n) is 19.9. The summed E-state index contributed by atoms with van der Waals surface area (Å²) in [6.45, 7) is 4.98. The van der Waals surface area contributed by atoms with E-state index in [1.807, 2.05) is 32.4 Å². The van der Waals surface area contributed by atoms with Crippen LogP contribution in [0.2, 0.25) is 0 Å². The van der Waals surface area contributed by atoms with Crippen LogP contribution in [0.5, 0.6) is 5.88 Å². The average molecular weight is 452 g/mol. The Hall–Kier alpha value is -3.17. The average Bonchev–Trinajstić information content (AvgIpc) is 3.40. The predicted octanol–water partition coefficient (Wildman–Crippen LogP) is 3.00. The minimum Gasteiger partial charge on any atom is -0.476 e. The summed E-state index contributed by atoms with van der Waals surface area (Å²) in [6, 6.07) is 6.21. The van der Waals surface area contributed by atoms with Crippen molar-refractivity contribution in [2.75, 3.05) is 27.2 Å². The SMILES string of the molecule is CC/C(NC)=C1\CC(C)c2n[nH]c3ccc(cc23)-c2cnn(C)c2OCCN(C)C(O)C1=N. The monoisotopic (exact) mass is 451 g/mol. The smallest absolute Gasteiger partial charge is 0.219 e. The molecule has 3 aromatic rings. The van der Waals surface area contributed by atoms with Crippen molar-refractivity contribution >= 4 is 16.6 Å². The Labute approximate surface area is 193 Å². The molecule has 1 aromatic carbocycles. The zero-order chi connectivity index (χ0) is 23.7. The fourth-order valence-corrected chi connectivity index (χ4v) is 4.50. The standard InChI is InChI=1S/C24H33N7O2/c1-6-19(26-3)16-11-14(2)22-17-12-15(7-8-20(17)28-29-22)18-13-27-31(5)24(18)33-10-9-30(4)23(32)21(16)25/h7-8,12-14,23,25-26,32H,6,9-11H2,1-5H3,(H,28,29)/b19-16-,25-21?. The summed E-state index contributed by atoms with van der Waals surface area (Å²) in [5, 5.41) is 36.3. The second kappa shape index (κ2) is 9.36. The number of nitrogens with zero attached hydrogens (tertiary/aromatic N) is 4. The number of aromatic nitrogens is 4. The second-order valence-electron chi connectivity index (χ2n) is 8.64. The number of aromatic amines is 1. The number of aliphatic hydroxyl groups is 1. The predicted molar refractivity (Wildman–Crippen MR) is 130 cm³/mol. The number of hydrogen-bond acceptors (Lipinski definition) is 7. The number of likely N-dealkylation sites (N-methyl/N-ethyl adjacent to an activating group) is 1. The van der Waals surface area contributed by atoms with Gasteiger partial charge < -0.3 is 20.6 Å². The molecule has 3 heterocycles. The fraction of sp³-hybridized carbons (Fsp3) is 0.458. The van der Waals surface area contributed by atoms with E-state index in [1.54, 1.807) is 16.6 Å².